The van der Waals surface area contributed by atoms with E-state index in [1.807, 2.05) is 0 Å². The summed E-state index contributed by atoms with van der Waals surface area (Å²) in [5.41, 5.74) is 0.164. The summed E-state index contributed by atoms with van der Waals surface area (Å²) < 4.78 is 24.2. The summed E-state index contributed by atoms with van der Waals surface area (Å²) in [4.78, 5) is 17.9. The Kier molecular flexibility index (Phi) is 4.24. The van der Waals surface area contributed by atoms with Crippen molar-refractivity contribution in [2.24, 2.45) is 0 Å². The van der Waals surface area contributed by atoms with E-state index in [-0.39, 0.29) is 28.7 Å². The van der Waals surface area contributed by atoms with Crippen LogP contribution in [0.2, 0.25) is 0 Å². The van der Waals surface area contributed by atoms with Gasteiger partial charge in [0.05, 0.1) is 5.69 Å². The summed E-state index contributed by atoms with van der Waals surface area (Å²) in [5, 5.41) is 11.0. The van der Waals surface area contributed by atoms with Crippen molar-refractivity contribution in [1.29, 1.82) is 0 Å². The van der Waals surface area contributed by atoms with Gasteiger partial charge >= 0.3 is 5.82 Å². The lowest BCUT2D eigenvalue weighted by molar-refractivity contribution is -0.392. The second-order valence-corrected chi connectivity index (χ2v) is 4.75. The molecule has 2 aromatic rings. The van der Waals surface area contributed by atoms with Crippen LogP contribution in [-0.4, -0.2) is 32.7 Å². The molecule has 0 aliphatic rings. The molecule has 0 bridgehead atoms. The monoisotopic (exact) mass is 306 g/mol. The van der Waals surface area contributed by atoms with Crippen LogP contribution in [0, 0.1) is 10.1 Å². The van der Waals surface area contributed by atoms with Gasteiger partial charge in [0.1, 0.15) is 12.7 Å². The molecule has 0 saturated carbocycles. The first-order valence-corrected chi connectivity index (χ1v) is 6.82. The predicted octanol–water partition coefficient (Wildman–Crippen LogP) is 0.820. The minimum atomic E-state index is -2.66. The highest BCUT2D eigenvalue weighted by Gasteiger charge is 2.26. The molecule has 0 radical (unpaired) electrons. The third-order valence-corrected chi connectivity index (χ3v) is 3.33. The van der Waals surface area contributed by atoms with Crippen LogP contribution in [0.1, 0.15) is 11.5 Å². The third kappa shape index (κ3) is 2.87. The number of nitro groups is 1. The van der Waals surface area contributed by atoms with Crippen molar-refractivity contribution < 1.29 is 13.3 Å². The molecule has 0 N–H and O–H groups in total. The minimum Gasteiger partial charge on any atom is -0.358 e. The largest absolute Gasteiger partial charge is 0.358 e. The summed E-state index contributed by atoms with van der Waals surface area (Å²) in [6, 6.07) is 4.74. The number of aromatic nitrogens is 3. The maximum atomic E-state index is 11.5. The van der Waals surface area contributed by atoms with E-state index in [1.165, 1.54) is 18.3 Å². The topological polar surface area (TPSA) is 108 Å². The van der Waals surface area contributed by atoms with Crippen molar-refractivity contribution in [2.75, 3.05) is 0 Å². The van der Waals surface area contributed by atoms with Crippen molar-refractivity contribution in [2.45, 2.75) is 6.54 Å². The SMILES string of the molecule is C=CCn1c([N+](=O)[O-])cnc1C(c1ccccn1)=S(=O)=O. The molecule has 0 fully saturated rings. The lowest BCUT2D eigenvalue weighted by Crippen LogP contribution is -2.15. The first kappa shape index (κ1) is 14.6. The zero-order chi connectivity index (χ0) is 15.4. The Morgan fingerprint density at radius 2 is 2.19 bits per heavy atom. The van der Waals surface area contributed by atoms with E-state index in [2.05, 4.69) is 16.5 Å². The van der Waals surface area contributed by atoms with Crippen LogP contribution in [-0.2, 0) is 16.8 Å². The van der Waals surface area contributed by atoms with Crippen molar-refractivity contribution >= 4 is 21.0 Å². The molecule has 0 aliphatic heterocycles. The fourth-order valence-corrected chi connectivity index (χ4v) is 2.38. The fourth-order valence-electron chi connectivity index (χ4n) is 1.77. The van der Waals surface area contributed by atoms with Gasteiger partial charge in [0.2, 0.25) is 16.1 Å². The number of hydrogen-bond acceptors (Lipinski definition) is 6. The summed E-state index contributed by atoms with van der Waals surface area (Å²) in [6.07, 6.45) is 3.86. The molecule has 0 aliphatic carbocycles. The molecule has 2 aromatic heterocycles. The summed E-state index contributed by atoms with van der Waals surface area (Å²) >= 11 is 0. The van der Waals surface area contributed by atoms with Gasteiger partial charge in [-0.25, -0.2) is 9.55 Å². The highest BCUT2D eigenvalue weighted by molar-refractivity contribution is 7.73. The van der Waals surface area contributed by atoms with Gasteiger partial charge < -0.3 is 10.1 Å². The molecular weight excluding hydrogens is 296 g/mol. The quantitative estimate of drug-likeness (QED) is 0.266. The number of imidazole rings is 1. The van der Waals surface area contributed by atoms with E-state index in [9.17, 15) is 18.5 Å². The lowest BCUT2D eigenvalue weighted by Gasteiger charge is -2.02. The highest BCUT2D eigenvalue weighted by atomic mass is 32.2. The smallest absolute Gasteiger partial charge is 0.343 e. The van der Waals surface area contributed by atoms with E-state index >= 15 is 0 Å². The average Bonchev–Trinajstić information content (AvgIpc) is 2.84. The third-order valence-electron chi connectivity index (χ3n) is 2.60. The van der Waals surface area contributed by atoms with E-state index in [0.29, 0.717) is 0 Å². The van der Waals surface area contributed by atoms with E-state index in [0.717, 1.165) is 10.8 Å². The van der Waals surface area contributed by atoms with Crippen LogP contribution in [0.15, 0.2) is 43.2 Å². The molecule has 2 rings (SSSR count). The van der Waals surface area contributed by atoms with Crippen molar-refractivity contribution in [3.63, 3.8) is 0 Å². The van der Waals surface area contributed by atoms with Gasteiger partial charge in [0.15, 0.2) is 4.86 Å². The maximum absolute atomic E-state index is 11.5. The Hall–Kier alpha value is -2.81. The Balaban J connectivity index is 2.72. The van der Waals surface area contributed by atoms with Crippen LogP contribution in [0.25, 0.3) is 0 Å². The molecule has 21 heavy (non-hydrogen) atoms. The number of nitrogens with zero attached hydrogens (tertiary/aromatic N) is 4. The Bertz CT molecular complexity index is 816. The van der Waals surface area contributed by atoms with Crippen molar-refractivity contribution in [3.05, 3.63) is 64.9 Å². The number of rotatable bonds is 5. The van der Waals surface area contributed by atoms with Crippen LogP contribution in [0.5, 0.6) is 0 Å². The summed E-state index contributed by atoms with van der Waals surface area (Å²) in [7, 11) is -2.66. The maximum Gasteiger partial charge on any atom is 0.343 e. The first-order chi connectivity index (χ1) is 10.1. The summed E-state index contributed by atoms with van der Waals surface area (Å²) in [5.74, 6) is -0.364. The number of hydrogen-bond donors (Lipinski definition) is 0. The zero-order valence-electron chi connectivity index (χ0n) is 10.7. The van der Waals surface area contributed by atoms with Crippen molar-refractivity contribution in [1.82, 2.24) is 14.5 Å². The van der Waals surface area contributed by atoms with Gasteiger partial charge in [-0.05, 0) is 17.1 Å². The Morgan fingerprint density at radius 3 is 2.71 bits per heavy atom. The van der Waals surface area contributed by atoms with Crippen LogP contribution in [0.3, 0.4) is 0 Å². The molecular formula is C12H10N4O4S. The van der Waals surface area contributed by atoms with Gasteiger partial charge in [-0.2, -0.15) is 8.42 Å². The summed E-state index contributed by atoms with van der Waals surface area (Å²) in [6.45, 7) is 3.56. The molecule has 9 heteroatoms. The van der Waals surface area contributed by atoms with Gasteiger partial charge in [-0.1, -0.05) is 18.7 Å². The van der Waals surface area contributed by atoms with Gasteiger partial charge in [-0.15, -0.1) is 0 Å². The standard InChI is InChI=1S/C12H10N4O4S/c1-2-7-15-10(16(17)18)8-14-12(15)11(21(19)20)9-5-3-4-6-13-9/h2-6,8H,1,7H2. The van der Waals surface area contributed by atoms with Gasteiger partial charge in [-0.3, -0.25) is 4.98 Å². The molecule has 0 aromatic carbocycles. The Labute approximate surface area is 121 Å². The minimum absolute atomic E-state index is 0.0476. The molecule has 108 valence electrons. The Morgan fingerprint density at radius 1 is 1.43 bits per heavy atom. The first-order valence-electron chi connectivity index (χ1n) is 5.75. The molecule has 0 unspecified atom stereocenters. The molecule has 0 amide bonds. The molecule has 0 saturated heterocycles. The molecule has 2 heterocycles. The molecule has 8 nitrogen and oxygen atoms in total. The van der Waals surface area contributed by atoms with E-state index < -0.39 is 15.2 Å². The molecule has 0 atom stereocenters. The van der Waals surface area contributed by atoms with Gasteiger partial charge in [0.25, 0.3) is 0 Å². The number of pyridine rings is 1. The van der Waals surface area contributed by atoms with E-state index in [4.69, 9.17) is 0 Å². The second-order valence-electron chi connectivity index (χ2n) is 3.88. The van der Waals surface area contributed by atoms with Crippen molar-refractivity contribution in [3.8, 4) is 0 Å². The normalized spacial score (nSPS) is 10.1. The van der Waals surface area contributed by atoms with Crippen LogP contribution >= 0.6 is 0 Å². The predicted molar refractivity (Wildman–Crippen MR) is 75.4 cm³/mol. The average molecular weight is 306 g/mol. The number of allylic oxidation sites excluding steroid dienone is 1. The van der Waals surface area contributed by atoms with Gasteiger partial charge in [0, 0.05) is 6.20 Å². The zero-order valence-corrected chi connectivity index (χ0v) is 11.5. The highest BCUT2D eigenvalue weighted by Crippen LogP contribution is 2.16. The fraction of sp³-hybridized carbons (Fsp3) is 0.0833. The van der Waals surface area contributed by atoms with E-state index in [1.54, 1.807) is 12.1 Å². The van der Waals surface area contributed by atoms with Crippen LogP contribution < -0.4 is 0 Å². The second kappa shape index (κ2) is 6.09. The van der Waals surface area contributed by atoms with Crippen LogP contribution in [0.4, 0.5) is 5.82 Å². The lowest BCUT2D eigenvalue weighted by atomic mass is 10.2. The molecule has 0 spiro atoms.